The Labute approximate surface area is 109 Å². The van der Waals surface area contributed by atoms with Gasteiger partial charge in [0.25, 0.3) is 0 Å². The minimum atomic E-state index is -0.979. The fourth-order valence-electron chi connectivity index (χ4n) is 2.19. The third kappa shape index (κ3) is 1.89. The summed E-state index contributed by atoms with van der Waals surface area (Å²) in [6, 6.07) is 9.67. The summed E-state index contributed by atoms with van der Waals surface area (Å²) in [7, 11) is 1.62. The number of nitrogens with zero attached hydrogens (tertiary/aromatic N) is 2. The number of rotatable bonds is 2. The van der Waals surface area contributed by atoms with Crippen LogP contribution in [0, 0.1) is 6.92 Å². The number of aryl methyl sites for hydroxylation is 2. The molecule has 1 aromatic carbocycles. The van der Waals surface area contributed by atoms with Crippen molar-refractivity contribution in [2.24, 2.45) is 7.05 Å². The topological polar surface area (TPSA) is 70.9 Å². The molecule has 2 aromatic heterocycles. The molecule has 0 spiro atoms. The molecule has 0 aliphatic carbocycles. The van der Waals surface area contributed by atoms with Gasteiger partial charge in [-0.2, -0.15) is 5.10 Å². The molecule has 3 rings (SSSR count). The zero-order valence-corrected chi connectivity index (χ0v) is 10.6. The third-order valence-electron chi connectivity index (χ3n) is 3.15. The fourth-order valence-corrected chi connectivity index (χ4v) is 2.19. The van der Waals surface area contributed by atoms with Crippen LogP contribution in [0.5, 0.6) is 0 Å². The van der Waals surface area contributed by atoms with Gasteiger partial charge < -0.3 is 10.1 Å². The van der Waals surface area contributed by atoms with Crippen molar-refractivity contribution >= 4 is 16.9 Å². The summed E-state index contributed by atoms with van der Waals surface area (Å²) < 4.78 is 1.37. The molecule has 0 saturated carbocycles. The molecule has 5 nitrogen and oxygen atoms in total. The highest BCUT2D eigenvalue weighted by molar-refractivity contribution is 5.89. The number of H-pyrrole nitrogens is 1. The number of hydrogen-bond acceptors (Lipinski definition) is 2. The van der Waals surface area contributed by atoms with E-state index in [1.165, 1.54) is 10.2 Å². The van der Waals surface area contributed by atoms with Crippen LogP contribution in [-0.2, 0) is 7.05 Å². The van der Waals surface area contributed by atoms with Crippen LogP contribution in [0.15, 0.2) is 30.3 Å². The van der Waals surface area contributed by atoms with Crippen LogP contribution in [0.1, 0.15) is 16.1 Å². The van der Waals surface area contributed by atoms with Crippen LogP contribution < -0.4 is 0 Å². The van der Waals surface area contributed by atoms with E-state index < -0.39 is 5.97 Å². The lowest BCUT2D eigenvalue weighted by atomic mass is 10.2. The maximum atomic E-state index is 11.0. The summed E-state index contributed by atoms with van der Waals surface area (Å²) in [6.07, 6.45) is 0. The van der Waals surface area contributed by atoms with E-state index in [0.717, 1.165) is 16.6 Å². The highest BCUT2D eigenvalue weighted by Gasteiger charge is 2.14. The summed E-state index contributed by atoms with van der Waals surface area (Å²) in [5.41, 5.74) is 3.83. The number of fused-ring (bicyclic) bond motifs is 1. The Bertz CT molecular complexity index is 783. The van der Waals surface area contributed by atoms with Crippen LogP contribution >= 0.6 is 0 Å². The molecule has 0 bridgehead atoms. The molecule has 0 amide bonds. The largest absolute Gasteiger partial charge is 0.477 e. The minimum absolute atomic E-state index is 0.171. The zero-order chi connectivity index (χ0) is 13.6. The standard InChI is InChI=1S/C14H13N3O2/c1-8-3-4-10-9(5-8)6-11(15-10)12-7-13(14(18)19)17(2)16-12/h3-7,15H,1-2H3,(H,18,19). The van der Waals surface area contributed by atoms with E-state index in [0.29, 0.717) is 5.69 Å². The van der Waals surface area contributed by atoms with Gasteiger partial charge in [0, 0.05) is 24.0 Å². The first-order chi connectivity index (χ1) is 9.04. The van der Waals surface area contributed by atoms with Crippen molar-refractivity contribution in [1.82, 2.24) is 14.8 Å². The molecular formula is C14H13N3O2. The number of carboxylic acids is 1. The van der Waals surface area contributed by atoms with Crippen molar-refractivity contribution in [1.29, 1.82) is 0 Å². The van der Waals surface area contributed by atoms with Crippen LogP contribution in [0.3, 0.4) is 0 Å². The summed E-state index contributed by atoms with van der Waals surface area (Å²) in [5, 5.41) is 14.4. The second kappa shape index (κ2) is 3.98. The molecule has 0 saturated heterocycles. The van der Waals surface area contributed by atoms with Gasteiger partial charge in [0.1, 0.15) is 11.4 Å². The van der Waals surface area contributed by atoms with Gasteiger partial charge in [-0.15, -0.1) is 0 Å². The van der Waals surface area contributed by atoms with E-state index >= 15 is 0 Å². The number of aromatic carboxylic acids is 1. The predicted octanol–water partition coefficient (Wildman–Crippen LogP) is 2.58. The quantitative estimate of drug-likeness (QED) is 0.739. The first-order valence-corrected chi connectivity index (χ1v) is 5.91. The lowest BCUT2D eigenvalue weighted by molar-refractivity contribution is 0.0685. The Morgan fingerprint density at radius 2 is 2.11 bits per heavy atom. The molecule has 2 heterocycles. The van der Waals surface area contributed by atoms with E-state index in [-0.39, 0.29) is 5.69 Å². The smallest absolute Gasteiger partial charge is 0.354 e. The molecule has 0 fully saturated rings. The number of aromatic nitrogens is 3. The SMILES string of the molecule is Cc1ccc2[nH]c(-c3cc(C(=O)O)n(C)n3)cc2c1. The minimum Gasteiger partial charge on any atom is -0.477 e. The lowest BCUT2D eigenvalue weighted by Crippen LogP contribution is -2.04. The molecule has 3 aromatic rings. The number of aromatic amines is 1. The van der Waals surface area contributed by atoms with Crippen LogP contribution in [0.25, 0.3) is 22.3 Å². The average molecular weight is 255 g/mol. The predicted molar refractivity (Wildman–Crippen MR) is 72.2 cm³/mol. The van der Waals surface area contributed by atoms with Crippen molar-refractivity contribution in [3.63, 3.8) is 0 Å². The van der Waals surface area contributed by atoms with Gasteiger partial charge in [0.2, 0.25) is 0 Å². The van der Waals surface area contributed by atoms with Crippen LogP contribution in [0.2, 0.25) is 0 Å². The van der Waals surface area contributed by atoms with E-state index in [4.69, 9.17) is 5.11 Å². The van der Waals surface area contributed by atoms with Crippen molar-refractivity contribution in [2.45, 2.75) is 6.92 Å². The Morgan fingerprint density at radius 3 is 2.79 bits per heavy atom. The number of nitrogens with one attached hydrogen (secondary N) is 1. The third-order valence-corrected chi connectivity index (χ3v) is 3.15. The maximum Gasteiger partial charge on any atom is 0.354 e. The fraction of sp³-hybridized carbons (Fsp3) is 0.143. The summed E-state index contributed by atoms with van der Waals surface area (Å²) in [5.74, 6) is -0.979. The zero-order valence-electron chi connectivity index (χ0n) is 10.6. The average Bonchev–Trinajstić information content (AvgIpc) is 2.91. The van der Waals surface area contributed by atoms with Crippen LogP contribution in [0.4, 0.5) is 0 Å². The number of hydrogen-bond donors (Lipinski definition) is 2. The molecule has 19 heavy (non-hydrogen) atoms. The van der Waals surface area contributed by atoms with E-state index in [9.17, 15) is 4.79 Å². The van der Waals surface area contributed by atoms with Gasteiger partial charge in [0.15, 0.2) is 0 Å². The molecular weight excluding hydrogens is 242 g/mol. The van der Waals surface area contributed by atoms with E-state index in [2.05, 4.69) is 16.1 Å². The first kappa shape index (κ1) is 11.5. The van der Waals surface area contributed by atoms with E-state index in [1.807, 2.05) is 25.1 Å². The number of carbonyl (C=O) groups is 1. The summed E-state index contributed by atoms with van der Waals surface area (Å²) in [6.45, 7) is 2.04. The van der Waals surface area contributed by atoms with Crippen molar-refractivity contribution < 1.29 is 9.90 Å². The molecule has 0 radical (unpaired) electrons. The van der Waals surface area contributed by atoms with Gasteiger partial charge in [-0.1, -0.05) is 11.6 Å². The molecule has 0 aliphatic rings. The molecule has 0 aliphatic heterocycles. The molecule has 0 atom stereocenters. The lowest BCUT2D eigenvalue weighted by Gasteiger charge is -1.91. The second-order valence-electron chi connectivity index (χ2n) is 4.62. The number of benzene rings is 1. The Morgan fingerprint density at radius 1 is 1.32 bits per heavy atom. The second-order valence-corrected chi connectivity index (χ2v) is 4.62. The van der Waals surface area contributed by atoms with Gasteiger partial charge in [-0.25, -0.2) is 4.79 Å². The van der Waals surface area contributed by atoms with Crippen molar-refractivity contribution in [2.75, 3.05) is 0 Å². The maximum absolute atomic E-state index is 11.0. The van der Waals surface area contributed by atoms with Gasteiger partial charge in [0.05, 0.1) is 5.69 Å². The van der Waals surface area contributed by atoms with Gasteiger partial charge >= 0.3 is 5.97 Å². The summed E-state index contributed by atoms with van der Waals surface area (Å²) >= 11 is 0. The molecule has 96 valence electrons. The van der Waals surface area contributed by atoms with Crippen molar-refractivity contribution in [3.05, 3.63) is 41.6 Å². The van der Waals surface area contributed by atoms with Crippen molar-refractivity contribution in [3.8, 4) is 11.4 Å². The highest BCUT2D eigenvalue weighted by atomic mass is 16.4. The van der Waals surface area contributed by atoms with E-state index in [1.54, 1.807) is 13.1 Å². The van der Waals surface area contributed by atoms with Gasteiger partial charge in [-0.05, 0) is 25.1 Å². The van der Waals surface area contributed by atoms with Crippen LogP contribution in [-0.4, -0.2) is 25.8 Å². The highest BCUT2D eigenvalue weighted by Crippen LogP contribution is 2.24. The molecule has 0 unspecified atom stereocenters. The normalized spacial score (nSPS) is 11.1. The molecule has 5 heteroatoms. The Hall–Kier alpha value is -2.56. The molecule has 2 N–H and O–H groups in total. The number of carboxylic acid groups (broad SMARTS) is 1. The first-order valence-electron chi connectivity index (χ1n) is 5.91. The Kier molecular flexibility index (Phi) is 2.41. The monoisotopic (exact) mass is 255 g/mol. The summed E-state index contributed by atoms with van der Waals surface area (Å²) in [4.78, 5) is 14.3. The van der Waals surface area contributed by atoms with Gasteiger partial charge in [-0.3, -0.25) is 4.68 Å². The Balaban J connectivity index is 2.13.